The normalized spacial score (nSPS) is 10.1. The quantitative estimate of drug-likeness (QED) is 0.606. The van der Waals surface area contributed by atoms with Crippen molar-refractivity contribution in [3.05, 3.63) is 35.4 Å². The van der Waals surface area contributed by atoms with E-state index in [0.29, 0.717) is 12.3 Å². The molecule has 0 aliphatic carbocycles. The first-order valence-corrected chi connectivity index (χ1v) is 6.06. The Hall–Kier alpha value is -1.05. The SMILES string of the molecule is C#CCSCCNCc1c(F)cccc1F. The standard InChI is InChI=1S/C12H13F2NS/c1-2-7-16-8-6-15-9-10-11(13)4-3-5-12(10)14/h1,3-5,15H,6-9H2. The third-order valence-electron chi connectivity index (χ3n) is 1.97. The molecule has 1 aromatic rings. The van der Waals surface area contributed by atoms with Crippen LogP contribution in [-0.4, -0.2) is 18.1 Å². The molecule has 0 saturated heterocycles. The van der Waals surface area contributed by atoms with E-state index in [1.54, 1.807) is 11.8 Å². The zero-order valence-electron chi connectivity index (χ0n) is 8.80. The van der Waals surface area contributed by atoms with Gasteiger partial charge in [-0.05, 0) is 12.1 Å². The largest absolute Gasteiger partial charge is 0.312 e. The first-order chi connectivity index (χ1) is 7.75. The van der Waals surface area contributed by atoms with Gasteiger partial charge in [0.25, 0.3) is 0 Å². The number of terminal acetylenes is 1. The second kappa shape index (κ2) is 7.26. The summed E-state index contributed by atoms with van der Waals surface area (Å²) in [5, 5.41) is 2.97. The maximum atomic E-state index is 13.2. The summed E-state index contributed by atoms with van der Waals surface area (Å²) in [5.41, 5.74) is 0.0875. The Morgan fingerprint density at radius 3 is 2.62 bits per heavy atom. The van der Waals surface area contributed by atoms with Crippen LogP contribution in [0.5, 0.6) is 0 Å². The van der Waals surface area contributed by atoms with Crippen molar-refractivity contribution in [2.45, 2.75) is 6.54 Å². The first-order valence-electron chi connectivity index (χ1n) is 4.90. The van der Waals surface area contributed by atoms with E-state index in [-0.39, 0.29) is 12.1 Å². The van der Waals surface area contributed by atoms with Crippen LogP contribution in [0.4, 0.5) is 8.78 Å². The van der Waals surface area contributed by atoms with Crippen molar-refractivity contribution in [2.75, 3.05) is 18.1 Å². The van der Waals surface area contributed by atoms with E-state index in [1.165, 1.54) is 18.2 Å². The molecule has 0 aliphatic heterocycles. The van der Waals surface area contributed by atoms with Crippen LogP contribution in [-0.2, 0) is 6.54 Å². The fraction of sp³-hybridized carbons (Fsp3) is 0.333. The Morgan fingerprint density at radius 1 is 1.31 bits per heavy atom. The van der Waals surface area contributed by atoms with Crippen LogP contribution in [0.3, 0.4) is 0 Å². The number of hydrogen-bond donors (Lipinski definition) is 1. The summed E-state index contributed by atoms with van der Waals surface area (Å²) in [5.74, 6) is 2.98. The molecule has 4 heteroatoms. The summed E-state index contributed by atoms with van der Waals surface area (Å²) in [6.45, 7) is 0.884. The molecule has 0 unspecified atom stereocenters. The molecule has 0 fully saturated rings. The molecule has 0 aromatic heterocycles. The monoisotopic (exact) mass is 241 g/mol. The third-order valence-corrected chi connectivity index (χ3v) is 2.84. The van der Waals surface area contributed by atoms with Gasteiger partial charge in [-0.25, -0.2) is 8.78 Å². The lowest BCUT2D eigenvalue weighted by Gasteiger charge is -2.06. The summed E-state index contributed by atoms with van der Waals surface area (Å²) in [6.07, 6.45) is 5.08. The molecule has 0 saturated carbocycles. The summed E-state index contributed by atoms with van der Waals surface area (Å²) in [4.78, 5) is 0. The molecular formula is C12H13F2NS. The smallest absolute Gasteiger partial charge is 0.130 e. The Kier molecular flexibility index (Phi) is 5.91. The van der Waals surface area contributed by atoms with Crippen molar-refractivity contribution in [2.24, 2.45) is 0 Å². The number of thioether (sulfide) groups is 1. The van der Waals surface area contributed by atoms with Gasteiger partial charge in [-0.3, -0.25) is 0 Å². The molecule has 1 nitrogen and oxygen atoms in total. The topological polar surface area (TPSA) is 12.0 Å². The fourth-order valence-corrected chi connectivity index (χ4v) is 1.74. The molecule has 0 radical (unpaired) electrons. The van der Waals surface area contributed by atoms with Crippen LogP contribution < -0.4 is 5.32 Å². The average Bonchev–Trinajstić information content (AvgIpc) is 2.26. The van der Waals surface area contributed by atoms with Crippen LogP contribution in [0.15, 0.2) is 18.2 Å². The van der Waals surface area contributed by atoms with Gasteiger partial charge in [-0.1, -0.05) is 12.0 Å². The summed E-state index contributed by atoms with van der Waals surface area (Å²) in [6, 6.07) is 3.87. The molecule has 16 heavy (non-hydrogen) atoms. The van der Waals surface area contributed by atoms with Crippen molar-refractivity contribution < 1.29 is 8.78 Å². The highest BCUT2D eigenvalue weighted by Gasteiger charge is 2.06. The molecule has 1 rings (SSSR count). The summed E-state index contributed by atoms with van der Waals surface area (Å²) >= 11 is 1.61. The molecule has 0 spiro atoms. The molecule has 0 aliphatic rings. The van der Waals surface area contributed by atoms with E-state index in [2.05, 4.69) is 11.2 Å². The molecule has 1 N–H and O–H groups in total. The van der Waals surface area contributed by atoms with Gasteiger partial charge in [0.05, 0.1) is 5.75 Å². The summed E-state index contributed by atoms with van der Waals surface area (Å²) in [7, 11) is 0. The average molecular weight is 241 g/mol. The van der Waals surface area contributed by atoms with Gasteiger partial charge in [0, 0.05) is 24.4 Å². The predicted molar refractivity (Wildman–Crippen MR) is 64.2 cm³/mol. The molecule has 0 bridgehead atoms. The Bertz CT molecular complexity index is 354. The van der Waals surface area contributed by atoms with E-state index in [4.69, 9.17) is 6.42 Å². The van der Waals surface area contributed by atoms with E-state index in [0.717, 1.165) is 5.75 Å². The van der Waals surface area contributed by atoms with Gasteiger partial charge in [-0.15, -0.1) is 18.2 Å². The fourth-order valence-electron chi connectivity index (χ4n) is 1.19. The number of nitrogens with one attached hydrogen (secondary N) is 1. The zero-order chi connectivity index (χ0) is 11.8. The molecular weight excluding hydrogens is 228 g/mol. The number of rotatable bonds is 6. The second-order valence-corrected chi connectivity index (χ2v) is 4.24. The van der Waals surface area contributed by atoms with Crippen LogP contribution in [0.1, 0.15) is 5.56 Å². The van der Waals surface area contributed by atoms with E-state index in [9.17, 15) is 8.78 Å². The van der Waals surface area contributed by atoms with Crippen LogP contribution >= 0.6 is 11.8 Å². The lowest BCUT2D eigenvalue weighted by Crippen LogP contribution is -2.18. The lowest BCUT2D eigenvalue weighted by molar-refractivity contribution is 0.540. The summed E-state index contributed by atoms with van der Waals surface area (Å²) < 4.78 is 26.3. The van der Waals surface area contributed by atoms with Crippen molar-refractivity contribution in [1.82, 2.24) is 5.32 Å². The minimum absolute atomic E-state index is 0.0875. The number of benzene rings is 1. The van der Waals surface area contributed by atoms with Gasteiger partial charge >= 0.3 is 0 Å². The lowest BCUT2D eigenvalue weighted by atomic mass is 10.2. The molecule has 1 aromatic carbocycles. The molecule has 0 atom stereocenters. The van der Waals surface area contributed by atoms with Crippen molar-refractivity contribution in [1.29, 1.82) is 0 Å². The van der Waals surface area contributed by atoms with E-state index >= 15 is 0 Å². The minimum atomic E-state index is -0.510. The van der Waals surface area contributed by atoms with Crippen molar-refractivity contribution in [3.63, 3.8) is 0 Å². The minimum Gasteiger partial charge on any atom is -0.312 e. The Balaban J connectivity index is 2.30. The van der Waals surface area contributed by atoms with Crippen LogP contribution in [0, 0.1) is 24.0 Å². The maximum Gasteiger partial charge on any atom is 0.130 e. The highest BCUT2D eigenvalue weighted by atomic mass is 32.2. The third kappa shape index (κ3) is 4.21. The maximum absolute atomic E-state index is 13.2. The molecule has 0 amide bonds. The van der Waals surface area contributed by atoms with Crippen molar-refractivity contribution >= 4 is 11.8 Å². The van der Waals surface area contributed by atoms with Crippen LogP contribution in [0.2, 0.25) is 0 Å². The highest BCUT2D eigenvalue weighted by molar-refractivity contribution is 7.99. The molecule has 86 valence electrons. The zero-order valence-corrected chi connectivity index (χ0v) is 9.62. The second-order valence-electron chi connectivity index (χ2n) is 3.13. The van der Waals surface area contributed by atoms with E-state index in [1.807, 2.05) is 0 Å². The Labute approximate surface area is 98.6 Å². The van der Waals surface area contributed by atoms with Gasteiger partial charge in [-0.2, -0.15) is 0 Å². The van der Waals surface area contributed by atoms with Crippen molar-refractivity contribution in [3.8, 4) is 12.3 Å². The first kappa shape index (κ1) is 13.0. The number of hydrogen-bond acceptors (Lipinski definition) is 2. The Morgan fingerprint density at radius 2 is 2.00 bits per heavy atom. The number of halogens is 2. The van der Waals surface area contributed by atoms with Crippen LogP contribution in [0.25, 0.3) is 0 Å². The van der Waals surface area contributed by atoms with Gasteiger partial charge in [0.15, 0.2) is 0 Å². The highest BCUT2D eigenvalue weighted by Crippen LogP contribution is 2.11. The van der Waals surface area contributed by atoms with Gasteiger partial charge < -0.3 is 5.32 Å². The predicted octanol–water partition coefficient (Wildman–Crippen LogP) is 2.42. The van der Waals surface area contributed by atoms with E-state index < -0.39 is 11.6 Å². The molecule has 0 heterocycles. The van der Waals surface area contributed by atoms with Gasteiger partial charge in [0.1, 0.15) is 11.6 Å². The van der Waals surface area contributed by atoms with Gasteiger partial charge in [0.2, 0.25) is 0 Å².